The molecular formula is C18H16N4O4. The molecule has 0 unspecified atom stereocenters. The van der Waals surface area contributed by atoms with Crippen LogP contribution in [0.1, 0.15) is 34.8 Å². The number of non-ortho nitro benzene ring substituents is 1. The number of nitro benzene ring substituents is 1. The molecule has 8 nitrogen and oxygen atoms in total. The fourth-order valence-electron chi connectivity index (χ4n) is 2.33. The van der Waals surface area contributed by atoms with Crippen molar-refractivity contribution in [1.82, 2.24) is 15.5 Å². The Kier molecular flexibility index (Phi) is 4.74. The molecule has 0 aliphatic rings. The lowest BCUT2D eigenvalue weighted by Gasteiger charge is -2.09. The Hall–Kier alpha value is -3.55. The molecule has 1 heterocycles. The lowest BCUT2D eigenvalue weighted by atomic mass is 10.1. The molecule has 0 spiro atoms. The number of rotatable bonds is 5. The summed E-state index contributed by atoms with van der Waals surface area (Å²) in [5.41, 5.74) is 1.96. The van der Waals surface area contributed by atoms with E-state index in [1.165, 1.54) is 24.3 Å². The van der Waals surface area contributed by atoms with Gasteiger partial charge in [-0.2, -0.15) is 4.98 Å². The second kappa shape index (κ2) is 7.14. The first-order valence-electron chi connectivity index (χ1n) is 7.90. The van der Waals surface area contributed by atoms with Gasteiger partial charge in [0.1, 0.15) is 6.04 Å². The zero-order chi connectivity index (χ0) is 18.7. The molecule has 132 valence electrons. The average molecular weight is 352 g/mol. The summed E-state index contributed by atoms with van der Waals surface area (Å²) in [4.78, 5) is 26.9. The Balaban J connectivity index is 1.73. The number of carbonyl (C=O) groups excluding carboxylic acids is 1. The largest absolute Gasteiger partial charge is 0.341 e. The second-order valence-electron chi connectivity index (χ2n) is 5.82. The van der Waals surface area contributed by atoms with Gasteiger partial charge in [0, 0.05) is 23.3 Å². The van der Waals surface area contributed by atoms with E-state index in [4.69, 9.17) is 4.52 Å². The molecule has 1 atom stereocenters. The minimum absolute atomic E-state index is 0.148. The number of hydrogen-bond donors (Lipinski definition) is 1. The molecule has 0 saturated heterocycles. The Morgan fingerprint density at radius 2 is 1.96 bits per heavy atom. The van der Waals surface area contributed by atoms with Crippen molar-refractivity contribution in [2.24, 2.45) is 0 Å². The van der Waals surface area contributed by atoms with Gasteiger partial charge in [0.25, 0.3) is 11.6 Å². The van der Waals surface area contributed by atoms with Crippen LogP contribution < -0.4 is 5.32 Å². The smallest absolute Gasteiger partial charge is 0.270 e. The lowest BCUT2D eigenvalue weighted by Crippen LogP contribution is -2.26. The maximum absolute atomic E-state index is 12.3. The quantitative estimate of drug-likeness (QED) is 0.556. The average Bonchev–Trinajstić information content (AvgIpc) is 3.12. The second-order valence-corrected chi connectivity index (χ2v) is 5.82. The van der Waals surface area contributed by atoms with Crippen molar-refractivity contribution in [2.75, 3.05) is 0 Å². The topological polar surface area (TPSA) is 111 Å². The van der Waals surface area contributed by atoms with Crippen LogP contribution in [0.3, 0.4) is 0 Å². The van der Waals surface area contributed by atoms with E-state index in [2.05, 4.69) is 15.5 Å². The van der Waals surface area contributed by atoms with Gasteiger partial charge in [-0.1, -0.05) is 41.1 Å². The van der Waals surface area contributed by atoms with Crippen LogP contribution in [-0.2, 0) is 0 Å². The summed E-state index contributed by atoms with van der Waals surface area (Å²) in [6, 6.07) is 12.6. The number of carbonyl (C=O) groups is 1. The van der Waals surface area contributed by atoms with E-state index >= 15 is 0 Å². The van der Waals surface area contributed by atoms with Gasteiger partial charge >= 0.3 is 0 Å². The summed E-state index contributed by atoms with van der Waals surface area (Å²) < 4.78 is 5.23. The minimum Gasteiger partial charge on any atom is -0.341 e. The first kappa shape index (κ1) is 17.3. The highest BCUT2D eigenvalue weighted by molar-refractivity contribution is 5.95. The van der Waals surface area contributed by atoms with Crippen LogP contribution in [0.2, 0.25) is 0 Å². The third kappa shape index (κ3) is 3.75. The first-order chi connectivity index (χ1) is 12.4. The van der Waals surface area contributed by atoms with Crippen LogP contribution in [0, 0.1) is 17.0 Å². The maximum Gasteiger partial charge on any atom is 0.270 e. The van der Waals surface area contributed by atoms with Crippen LogP contribution in [0.5, 0.6) is 0 Å². The fourth-order valence-corrected chi connectivity index (χ4v) is 2.33. The van der Waals surface area contributed by atoms with Gasteiger partial charge < -0.3 is 9.84 Å². The lowest BCUT2D eigenvalue weighted by molar-refractivity contribution is -0.384. The number of aromatic nitrogens is 2. The van der Waals surface area contributed by atoms with Crippen LogP contribution in [-0.4, -0.2) is 21.0 Å². The predicted molar refractivity (Wildman–Crippen MR) is 93.4 cm³/mol. The van der Waals surface area contributed by atoms with Crippen molar-refractivity contribution in [2.45, 2.75) is 19.9 Å². The molecule has 0 aliphatic carbocycles. The van der Waals surface area contributed by atoms with E-state index in [-0.39, 0.29) is 17.1 Å². The van der Waals surface area contributed by atoms with Crippen molar-refractivity contribution in [3.63, 3.8) is 0 Å². The van der Waals surface area contributed by atoms with Crippen LogP contribution in [0.15, 0.2) is 53.1 Å². The summed E-state index contributed by atoms with van der Waals surface area (Å²) >= 11 is 0. The Morgan fingerprint density at radius 1 is 1.23 bits per heavy atom. The number of benzene rings is 2. The minimum atomic E-state index is -0.550. The van der Waals surface area contributed by atoms with Gasteiger partial charge in [0.2, 0.25) is 11.7 Å². The Morgan fingerprint density at radius 3 is 2.65 bits per heavy atom. The first-order valence-corrected chi connectivity index (χ1v) is 7.90. The number of amides is 1. The third-order valence-electron chi connectivity index (χ3n) is 3.79. The summed E-state index contributed by atoms with van der Waals surface area (Å²) in [6.45, 7) is 3.68. The SMILES string of the molecule is Cc1ccc(-c2noc([C@H](C)NC(=O)c3cccc([N+](=O)[O-])c3)n2)cc1. The highest BCUT2D eigenvalue weighted by Gasteiger charge is 2.19. The van der Waals surface area contributed by atoms with Gasteiger partial charge in [-0.3, -0.25) is 14.9 Å². The monoisotopic (exact) mass is 352 g/mol. The van der Waals surface area contributed by atoms with Gasteiger partial charge in [-0.25, -0.2) is 0 Å². The normalized spacial score (nSPS) is 11.8. The fraction of sp³-hybridized carbons (Fsp3) is 0.167. The molecule has 0 radical (unpaired) electrons. The molecule has 8 heteroatoms. The van der Waals surface area contributed by atoms with E-state index in [0.717, 1.165) is 11.1 Å². The molecule has 0 bridgehead atoms. The molecule has 3 rings (SSSR count). The van der Waals surface area contributed by atoms with E-state index in [1.54, 1.807) is 6.92 Å². The Bertz CT molecular complexity index is 950. The highest BCUT2D eigenvalue weighted by Crippen LogP contribution is 2.20. The summed E-state index contributed by atoms with van der Waals surface area (Å²) in [5, 5.41) is 17.4. The van der Waals surface area contributed by atoms with Crippen LogP contribution >= 0.6 is 0 Å². The van der Waals surface area contributed by atoms with E-state index in [1.807, 2.05) is 31.2 Å². The summed E-state index contributed by atoms with van der Waals surface area (Å²) in [7, 11) is 0. The number of aryl methyl sites for hydroxylation is 1. The van der Waals surface area contributed by atoms with Crippen molar-refractivity contribution in [3.05, 3.63) is 75.7 Å². The van der Waals surface area contributed by atoms with Crippen molar-refractivity contribution < 1.29 is 14.2 Å². The van der Waals surface area contributed by atoms with Crippen molar-refractivity contribution in [1.29, 1.82) is 0 Å². The molecule has 1 N–H and O–H groups in total. The molecular weight excluding hydrogens is 336 g/mol. The number of nitrogens with one attached hydrogen (secondary N) is 1. The van der Waals surface area contributed by atoms with Crippen molar-refractivity contribution in [3.8, 4) is 11.4 Å². The van der Waals surface area contributed by atoms with E-state index in [9.17, 15) is 14.9 Å². The van der Waals surface area contributed by atoms with Gasteiger partial charge in [0.15, 0.2) is 0 Å². The molecule has 1 amide bonds. The predicted octanol–water partition coefficient (Wildman–Crippen LogP) is 3.44. The summed E-state index contributed by atoms with van der Waals surface area (Å²) in [6.07, 6.45) is 0. The van der Waals surface area contributed by atoms with Gasteiger partial charge in [-0.15, -0.1) is 0 Å². The molecule has 3 aromatic rings. The highest BCUT2D eigenvalue weighted by atomic mass is 16.6. The molecule has 26 heavy (non-hydrogen) atoms. The van der Waals surface area contributed by atoms with Crippen molar-refractivity contribution >= 4 is 11.6 Å². The van der Waals surface area contributed by atoms with E-state index < -0.39 is 16.9 Å². The van der Waals surface area contributed by atoms with Gasteiger partial charge in [-0.05, 0) is 19.9 Å². The zero-order valence-corrected chi connectivity index (χ0v) is 14.2. The Labute approximate surface area is 149 Å². The standard InChI is InChI=1S/C18H16N4O4/c1-11-6-8-13(9-7-11)16-20-18(26-21-16)12(2)19-17(23)14-4-3-5-15(10-14)22(24)25/h3-10,12H,1-2H3,(H,19,23)/t12-/m0/s1. The number of hydrogen-bond acceptors (Lipinski definition) is 6. The maximum atomic E-state index is 12.3. The molecule has 0 fully saturated rings. The molecule has 0 aliphatic heterocycles. The third-order valence-corrected chi connectivity index (χ3v) is 3.79. The van der Waals surface area contributed by atoms with Crippen LogP contribution in [0.25, 0.3) is 11.4 Å². The number of nitro groups is 1. The number of nitrogens with zero attached hydrogens (tertiary/aromatic N) is 3. The van der Waals surface area contributed by atoms with E-state index in [0.29, 0.717) is 5.82 Å². The van der Waals surface area contributed by atoms with Crippen LogP contribution in [0.4, 0.5) is 5.69 Å². The van der Waals surface area contributed by atoms with Gasteiger partial charge in [0.05, 0.1) is 4.92 Å². The zero-order valence-electron chi connectivity index (χ0n) is 14.2. The molecule has 0 saturated carbocycles. The molecule has 2 aromatic carbocycles. The summed E-state index contributed by atoms with van der Waals surface area (Å²) in [5.74, 6) is 0.215. The molecule has 1 aromatic heterocycles.